The van der Waals surface area contributed by atoms with E-state index in [2.05, 4.69) is 16.0 Å². The largest absolute Gasteiger partial charge is 0.435 e. The number of benzene rings is 1. The number of hydrogen-bond acceptors (Lipinski definition) is 4. The van der Waals surface area contributed by atoms with Gasteiger partial charge in [-0.25, -0.2) is 0 Å². The zero-order chi connectivity index (χ0) is 19.3. The Bertz CT molecular complexity index is 814. The topological polar surface area (TPSA) is 76.0 Å². The Morgan fingerprint density at radius 3 is 2.50 bits per heavy atom. The highest BCUT2D eigenvalue weighted by Crippen LogP contribution is 2.29. The monoisotopic (exact) mass is 426 g/mol. The fraction of sp³-hybridized carbons (Fsp3) is 0.214. The van der Waals surface area contributed by atoms with Crippen LogP contribution in [0.3, 0.4) is 0 Å². The van der Waals surface area contributed by atoms with E-state index in [0.717, 1.165) is 28.7 Å². The molecule has 0 atom stereocenters. The van der Waals surface area contributed by atoms with Crippen molar-refractivity contribution in [2.75, 3.05) is 5.75 Å². The minimum atomic E-state index is -4.59. The molecule has 26 heavy (non-hydrogen) atoms. The van der Waals surface area contributed by atoms with E-state index in [1.54, 1.807) is 18.2 Å². The molecule has 0 fully saturated rings. The molecule has 1 aromatic heterocycles. The molecule has 2 amide bonds. The van der Waals surface area contributed by atoms with Crippen LogP contribution in [0.15, 0.2) is 35.4 Å². The molecule has 1 heterocycles. The number of halogens is 5. The van der Waals surface area contributed by atoms with Gasteiger partial charge in [-0.3, -0.25) is 25.1 Å². The third kappa shape index (κ3) is 6.11. The van der Waals surface area contributed by atoms with Crippen LogP contribution in [-0.2, 0) is 22.3 Å². The molecule has 0 unspecified atom stereocenters. The molecule has 1 aromatic carbocycles. The fourth-order valence-corrected chi connectivity index (χ4v) is 2.99. The van der Waals surface area contributed by atoms with Gasteiger partial charge in [0.25, 0.3) is 5.91 Å². The number of rotatable bonds is 5. The molecule has 0 spiro atoms. The molecule has 0 aliphatic heterocycles. The predicted molar refractivity (Wildman–Crippen MR) is 90.7 cm³/mol. The smallest absolute Gasteiger partial charge is 0.272 e. The van der Waals surface area contributed by atoms with Crippen molar-refractivity contribution in [3.63, 3.8) is 0 Å². The molecule has 0 aliphatic rings. The Balaban J connectivity index is 1.77. The molecule has 6 nitrogen and oxygen atoms in total. The van der Waals surface area contributed by atoms with Crippen molar-refractivity contribution in [1.82, 2.24) is 20.6 Å². The van der Waals surface area contributed by atoms with E-state index >= 15 is 0 Å². The second-order valence-electron chi connectivity index (χ2n) is 4.86. The average molecular weight is 427 g/mol. The first-order chi connectivity index (χ1) is 12.1. The number of alkyl halides is 3. The summed E-state index contributed by atoms with van der Waals surface area (Å²) in [5.41, 5.74) is 3.13. The van der Waals surface area contributed by atoms with E-state index in [4.69, 9.17) is 23.2 Å². The van der Waals surface area contributed by atoms with E-state index < -0.39 is 30.2 Å². The van der Waals surface area contributed by atoms with E-state index in [1.165, 1.54) is 0 Å². The van der Waals surface area contributed by atoms with Gasteiger partial charge in [0.1, 0.15) is 6.54 Å². The summed E-state index contributed by atoms with van der Waals surface area (Å²) in [4.78, 5) is 23.9. The van der Waals surface area contributed by atoms with Crippen molar-refractivity contribution >= 4 is 46.8 Å². The van der Waals surface area contributed by atoms with Crippen LogP contribution in [0, 0.1) is 0 Å². The van der Waals surface area contributed by atoms with Crippen molar-refractivity contribution in [3.8, 4) is 0 Å². The Kier molecular flexibility index (Phi) is 6.79. The van der Waals surface area contributed by atoms with Gasteiger partial charge >= 0.3 is 6.18 Å². The maximum absolute atomic E-state index is 12.4. The first kappa shape index (κ1) is 20.4. The van der Waals surface area contributed by atoms with Crippen LogP contribution >= 0.6 is 35.0 Å². The molecule has 0 bridgehead atoms. The lowest BCUT2D eigenvalue weighted by molar-refractivity contribution is -0.141. The van der Waals surface area contributed by atoms with Crippen molar-refractivity contribution in [2.45, 2.75) is 17.6 Å². The standard InChI is InChI=1S/C14H11Cl2F3N4O2S/c15-8-1-2-9(16)10(5-8)26-7-13(25)21-20-12(24)6-23-4-3-11(22-23)14(17,18)19/h1-5H,6-7H2,(H,20,24)(H,21,25). The maximum Gasteiger partial charge on any atom is 0.435 e. The van der Waals surface area contributed by atoms with Crippen LogP contribution in [0.25, 0.3) is 0 Å². The van der Waals surface area contributed by atoms with Crippen molar-refractivity contribution < 1.29 is 22.8 Å². The second-order valence-corrected chi connectivity index (χ2v) is 6.72. The molecule has 0 saturated carbocycles. The summed E-state index contributed by atoms with van der Waals surface area (Å²) in [6.07, 6.45) is -3.57. The molecule has 2 N–H and O–H groups in total. The van der Waals surface area contributed by atoms with E-state index in [-0.39, 0.29) is 5.75 Å². The van der Waals surface area contributed by atoms with Crippen molar-refractivity contribution in [3.05, 3.63) is 46.2 Å². The zero-order valence-electron chi connectivity index (χ0n) is 12.8. The first-order valence-electron chi connectivity index (χ1n) is 6.91. The van der Waals surface area contributed by atoms with Crippen LogP contribution in [0.5, 0.6) is 0 Å². The van der Waals surface area contributed by atoms with Crippen LogP contribution < -0.4 is 10.9 Å². The summed E-state index contributed by atoms with van der Waals surface area (Å²) in [7, 11) is 0. The molecule has 140 valence electrons. The molecule has 12 heteroatoms. The first-order valence-corrected chi connectivity index (χ1v) is 8.65. The summed E-state index contributed by atoms with van der Waals surface area (Å²) < 4.78 is 38.1. The number of amides is 2. The van der Waals surface area contributed by atoms with Gasteiger partial charge in [0.05, 0.1) is 10.8 Å². The van der Waals surface area contributed by atoms with Crippen LogP contribution in [-0.4, -0.2) is 27.3 Å². The summed E-state index contributed by atoms with van der Waals surface area (Å²) in [6.45, 7) is -0.483. The number of nitrogens with one attached hydrogen (secondary N) is 2. The quantitative estimate of drug-likeness (QED) is 0.568. The van der Waals surface area contributed by atoms with Gasteiger partial charge in [-0.05, 0) is 24.3 Å². The summed E-state index contributed by atoms with van der Waals surface area (Å²) in [6, 6.07) is 5.53. The van der Waals surface area contributed by atoms with Gasteiger partial charge < -0.3 is 0 Å². The summed E-state index contributed by atoms with van der Waals surface area (Å²) >= 11 is 12.9. The number of aromatic nitrogens is 2. The van der Waals surface area contributed by atoms with Gasteiger partial charge in [0.15, 0.2) is 5.69 Å². The van der Waals surface area contributed by atoms with Gasteiger partial charge in [-0.2, -0.15) is 18.3 Å². The van der Waals surface area contributed by atoms with Crippen LogP contribution in [0.2, 0.25) is 10.0 Å². The Labute approximate surface area is 160 Å². The number of hydrogen-bond donors (Lipinski definition) is 2. The van der Waals surface area contributed by atoms with E-state index in [0.29, 0.717) is 14.9 Å². The molecule has 0 saturated heterocycles. The van der Waals surface area contributed by atoms with Gasteiger partial charge in [0.2, 0.25) is 5.91 Å². The fourth-order valence-electron chi connectivity index (χ4n) is 1.69. The van der Waals surface area contributed by atoms with Crippen LogP contribution in [0.1, 0.15) is 5.69 Å². The average Bonchev–Trinajstić information content (AvgIpc) is 3.02. The van der Waals surface area contributed by atoms with Crippen molar-refractivity contribution in [2.24, 2.45) is 0 Å². The molecule has 2 aromatic rings. The number of thioether (sulfide) groups is 1. The third-order valence-corrected chi connectivity index (χ3v) is 4.56. The Morgan fingerprint density at radius 2 is 1.85 bits per heavy atom. The van der Waals surface area contributed by atoms with Gasteiger partial charge in [-0.1, -0.05) is 23.2 Å². The highest BCUT2D eigenvalue weighted by atomic mass is 35.5. The predicted octanol–water partition coefficient (Wildman–Crippen LogP) is 3.15. The molecule has 0 aliphatic carbocycles. The molecular formula is C14H11Cl2F3N4O2S. The van der Waals surface area contributed by atoms with E-state index in [1.807, 2.05) is 0 Å². The molecule has 2 rings (SSSR count). The highest BCUT2D eigenvalue weighted by Gasteiger charge is 2.33. The van der Waals surface area contributed by atoms with Crippen LogP contribution in [0.4, 0.5) is 13.2 Å². The van der Waals surface area contributed by atoms with Gasteiger partial charge in [-0.15, -0.1) is 11.8 Å². The number of carbonyl (C=O) groups excluding carboxylic acids is 2. The highest BCUT2D eigenvalue weighted by molar-refractivity contribution is 8.00. The SMILES string of the molecule is O=C(CSc1cc(Cl)ccc1Cl)NNC(=O)Cn1ccc(C(F)(F)F)n1. The molecule has 0 radical (unpaired) electrons. The lowest BCUT2D eigenvalue weighted by atomic mass is 10.4. The zero-order valence-corrected chi connectivity index (χ0v) is 15.1. The third-order valence-electron chi connectivity index (χ3n) is 2.83. The maximum atomic E-state index is 12.4. The minimum Gasteiger partial charge on any atom is -0.272 e. The van der Waals surface area contributed by atoms with E-state index in [9.17, 15) is 22.8 Å². The number of hydrazine groups is 1. The number of carbonyl (C=O) groups is 2. The minimum absolute atomic E-state index is 0.0552. The summed E-state index contributed by atoms with van der Waals surface area (Å²) in [5, 5.41) is 4.12. The lowest BCUT2D eigenvalue weighted by Gasteiger charge is -2.08. The van der Waals surface area contributed by atoms with Gasteiger partial charge in [0, 0.05) is 16.1 Å². The second kappa shape index (κ2) is 8.65. The Hall–Kier alpha value is -1.91. The normalized spacial score (nSPS) is 11.3. The molecular weight excluding hydrogens is 416 g/mol. The lowest BCUT2D eigenvalue weighted by Crippen LogP contribution is -2.44. The Morgan fingerprint density at radius 1 is 1.15 bits per heavy atom. The number of nitrogens with zero attached hydrogens (tertiary/aromatic N) is 2. The summed E-state index contributed by atoms with van der Waals surface area (Å²) in [5.74, 6) is -1.32. The van der Waals surface area contributed by atoms with Crippen molar-refractivity contribution in [1.29, 1.82) is 0 Å².